The number of rotatable bonds is 5. The molecule has 5 rings (SSSR count). The average molecular weight is 541 g/mol. The Morgan fingerprint density at radius 1 is 0.895 bits per heavy atom. The van der Waals surface area contributed by atoms with E-state index in [1.807, 2.05) is 35.2 Å². The number of ether oxygens (including phenoxy) is 1. The summed E-state index contributed by atoms with van der Waals surface area (Å²) in [6.45, 7) is 1.52. The van der Waals surface area contributed by atoms with E-state index >= 15 is 0 Å². The van der Waals surface area contributed by atoms with Crippen molar-refractivity contribution in [1.29, 1.82) is 0 Å². The molecular formula is C28H24ClF3N4O2. The second kappa shape index (κ2) is 10.4. The van der Waals surface area contributed by atoms with Gasteiger partial charge in [0.1, 0.15) is 11.4 Å². The number of alkyl halides is 3. The Labute approximate surface area is 222 Å². The van der Waals surface area contributed by atoms with Crippen LogP contribution in [0.3, 0.4) is 0 Å². The molecule has 0 spiro atoms. The highest BCUT2D eigenvalue weighted by molar-refractivity contribution is 6.30. The number of hydrogen-bond acceptors (Lipinski definition) is 4. The lowest BCUT2D eigenvalue weighted by Gasteiger charge is -2.36. The highest BCUT2D eigenvalue weighted by Crippen LogP contribution is 2.32. The van der Waals surface area contributed by atoms with Gasteiger partial charge in [0.15, 0.2) is 0 Å². The number of piperazine rings is 1. The third kappa shape index (κ3) is 5.33. The number of aromatic nitrogens is 2. The van der Waals surface area contributed by atoms with Crippen LogP contribution in [-0.2, 0) is 6.18 Å². The van der Waals surface area contributed by atoms with E-state index < -0.39 is 11.7 Å². The number of carbonyl (C=O) groups is 1. The molecule has 0 bridgehead atoms. The maximum Gasteiger partial charge on any atom is 0.416 e. The molecule has 0 unspecified atom stereocenters. The minimum atomic E-state index is -4.41. The Bertz CT molecular complexity index is 1450. The maximum atomic E-state index is 13.7. The van der Waals surface area contributed by atoms with Gasteiger partial charge in [-0.2, -0.15) is 18.3 Å². The van der Waals surface area contributed by atoms with Crippen molar-refractivity contribution < 1.29 is 22.7 Å². The van der Waals surface area contributed by atoms with Crippen LogP contribution >= 0.6 is 11.6 Å². The van der Waals surface area contributed by atoms with Crippen LogP contribution in [0, 0.1) is 0 Å². The summed E-state index contributed by atoms with van der Waals surface area (Å²) in [6, 6.07) is 21.5. The molecule has 1 fully saturated rings. The molecule has 2 heterocycles. The highest BCUT2D eigenvalue weighted by Gasteiger charge is 2.32. The molecule has 196 valence electrons. The predicted molar refractivity (Wildman–Crippen MR) is 140 cm³/mol. The van der Waals surface area contributed by atoms with Gasteiger partial charge in [0.2, 0.25) is 0 Å². The molecule has 1 saturated heterocycles. The predicted octanol–water partition coefficient (Wildman–Crippen LogP) is 6.18. The summed E-state index contributed by atoms with van der Waals surface area (Å²) in [5, 5.41) is 5.22. The van der Waals surface area contributed by atoms with Gasteiger partial charge >= 0.3 is 6.18 Å². The van der Waals surface area contributed by atoms with Gasteiger partial charge in [-0.25, -0.2) is 4.68 Å². The number of anilines is 1. The third-order valence-corrected chi connectivity index (χ3v) is 6.71. The lowest BCUT2D eigenvalue weighted by Crippen LogP contribution is -2.49. The van der Waals surface area contributed by atoms with Gasteiger partial charge in [0, 0.05) is 42.5 Å². The van der Waals surface area contributed by atoms with E-state index in [1.165, 1.54) is 6.07 Å². The summed E-state index contributed by atoms with van der Waals surface area (Å²) in [5.41, 5.74) is 2.23. The van der Waals surface area contributed by atoms with E-state index in [9.17, 15) is 18.0 Å². The number of carbonyl (C=O) groups excluding carboxylic acids is 1. The van der Waals surface area contributed by atoms with Gasteiger partial charge < -0.3 is 14.5 Å². The van der Waals surface area contributed by atoms with E-state index in [4.69, 9.17) is 21.4 Å². The summed E-state index contributed by atoms with van der Waals surface area (Å²) in [5.74, 6) is 0.485. The molecule has 1 aromatic heterocycles. The molecule has 1 aliphatic rings. The third-order valence-electron chi connectivity index (χ3n) is 6.47. The highest BCUT2D eigenvalue weighted by atomic mass is 35.5. The zero-order valence-electron chi connectivity index (χ0n) is 20.5. The van der Waals surface area contributed by atoms with Gasteiger partial charge in [-0.05, 0) is 66.7 Å². The first-order chi connectivity index (χ1) is 18.2. The Hall–Kier alpha value is -3.98. The van der Waals surface area contributed by atoms with Crippen molar-refractivity contribution in [2.24, 2.45) is 0 Å². The van der Waals surface area contributed by atoms with Crippen molar-refractivity contribution in [2.75, 3.05) is 38.2 Å². The van der Waals surface area contributed by atoms with Crippen LogP contribution in [0.25, 0.3) is 16.9 Å². The Kier molecular flexibility index (Phi) is 7.03. The van der Waals surface area contributed by atoms with E-state index in [2.05, 4.69) is 0 Å². The molecule has 10 heteroatoms. The van der Waals surface area contributed by atoms with E-state index in [-0.39, 0.29) is 5.91 Å². The van der Waals surface area contributed by atoms with Crippen molar-refractivity contribution >= 4 is 23.2 Å². The van der Waals surface area contributed by atoms with Crippen molar-refractivity contribution in [2.45, 2.75) is 6.18 Å². The lowest BCUT2D eigenvalue weighted by molar-refractivity contribution is -0.137. The molecule has 38 heavy (non-hydrogen) atoms. The Morgan fingerprint density at radius 3 is 2.24 bits per heavy atom. The number of hydrogen-bond donors (Lipinski definition) is 0. The van der Waals surface area contributed by atoms with Gasteiger partial charge in [0.25, 0.3) is 5.91 Å². The SMILES string of the molecule is COc1ccc(-c2cc(C(=O)N3CCN(c4cccc(C(F)(F)F)c4)CC3)n(-c3cccc(Cl)c3)n2)cc1. The Morgan fingerprint density at radius 2 is 1.58 bits per heavy atom. The van der Waals surface area contributed by atoms with Crippen molar-refractivity contribution in [3.05, 3.63) is 95.1 Å². The van der Waals surface area contributed by atoms with Gasteiger partial charge in [-0.15, -0.1) is 0 Å². The minimum absolute atomic E-state index is 0.221. The molecule has 0 N–H and O–H groups in total. The van der Waals surface area contributed by atoms with Crippen molar-refractivity contribution in [3.8, 4) is 22.7 Å². The van der Waals surface area contributed by atoms with E-state index in [0.29, 0.717) is 59.7 Å². The molecule has 3 aromatic carbocycles. The summed E-state index contributed by atoms with van der Waals surface area (Å²) in [7, 11) is 1.59. The quantitative estimate of drug-likeness (QED) is 0.303. The topological polar surface area (TPSA) is 50.6 Å². The second-order valence-electron chi connectivity index (χ2n) is 8.86. The average Bonchev–Trinajstić information content (AvgIpc) is 3.38. The zero-order valence-corrected chi connectivity index (χ0v) is 21.2. The molecule has 0 saturated carbocycles. The van der Waals surface area contributed by atoms with Crippen LogP contribution in [0.1, 0.15) is 16.1 Å². The molecule has 0 aliphatic carbocycles. The summed E-state index contributed by atoms with van der Waals surface area (Å²) in [6.07, 6.45) is -4.41. The molecule has 6 nitrogen and oxygen atoms in total. The largest absolute Gasteiger partial charge is 0.497 e. The van der Waals surface area contributed by atoms with E-state index in [0.717, 1.165) is 17.7 Å². The molecule has 0 radical (unpaired) electrons. The van der Waals surface area contributed by atoms with Gasteiger partial charge in [-0.1, -0.05) is 23.7 Å². The number of amides is 1. The smallest absolute Gasteiger partial charge is 0.416 e. The van der Waals surface area contributed by atoms with Crippen molar-refractivity contribution in [1.82, 2.24) is 14.7 Å². The summed E-state index contributed by atoms with van der Waals surface area (Å²) in [4.78, 5) is 17.2. The monoisotopic (exact) mass is 540 g/mol. The summed E-state index contributed by atoms with van der Waals surface area (Å²) >= 11 is 6.22. The van der Waals surface area contributed by atoms with Crippen LogP contribution in [0.4, 0.5) is 18.9 Å². The second-order valence-corrected chi connectivity index (χ2v) is 9.30. The number of methoxy groups -OCH3 is 1. The van der Waals surface area contributed by atoms with Crippen LogP contribution in [0.5, 0.6) is 5.75 Å². The van der Waals surface area contributed by atoms with Gasteiger partial charge in [-0.3, -0.25) is 4.79 Å². The fourth-order valence-corrected chi connectivity index (χ4v) is 4.63. The molecular weight excluding hydrogens is 517 g/mol. The van der Waals surface area contributed by atoms with E-state index in [1.54, 1.807) is 47.0 Å². The number of halogens is 4. The van der Waals surface area contributed by atoms with Crippen LogP contribution in [0.15, 0.2) is 78.9 Å². The first-order valence-electron chi connectivity index (χ1n) is 11.9. The molecule has 0 atom stereocenters. The minimum Gasteiger partial charge on any atom is -0.497 e. The first-order valence-corrected chi connectivity index (χ1v) is 12.3. The van der Waals surface area contributed by atoms with Crippen LogP contribution in [0.2, 0.25) is 5.02 Å². The van der Waals surface area contributed by atoms with Crippen LogP contribution < -0.4 is 9.64 Å². The van der Waals surface area contributed by atoms with Gasteiger partial charge in [0.05, 0.1) is 24.1 Å². The maximum absolute atomic E-state index is 13.7. The normalized spacial score (nSPS) is 14.0. The fraction of sp³-hybridized carbons (Fsp3) is 0.214. The number of benzene rings is 3. The molecule has 4 aromatic rings. The van der Waals surface area contributed by atoms with Crippen LogP contribution in [-0.4, -0.2) is 53.9 Å². The zero-order chi connectivity index (χ0) is 26.9. The summed E-state index contributed by atoms with van der Waals surface area (Å²) < 4.78 is 46.3. The number of nitrogens with zero attached hydrogens (tertiary/aromatic N) is 4. The standard InChI is InChI=1S/C28H24ClF3N4O2/c1-38-24-10-8-19(9-11-24)25-18-26(36(33-25)23-7-3-5-21(29)17-23)27(37)35-14-12-34(13-15-35)22-6-2-4-20(16-22)28(30,31)32/h2-11,16-18H,12-15H2,1H3. The molecule has 1 amide bonds. The lowest BCUT2D eigenvalue weighted by atomic mass is 10.1. The fourth-order valence-electron chi connectivity index (χ4n) is 4.45. The first kappa shape index (κ1) is 25.7. The Balaban J connectivity index is 1.40. The van der Waals surface area contributed by atoms with Crippen molar-refractivity contribution in [3.63, 3.8) is 0 Å². The molecule has 1 aliphatic heterocycles.